The van der Waals surface area contributed by atoms with Gasteiger partial charge in [-0.25, -0.2) is 23.4 Å². The summed E-state index contributed by atoms with van der Waals surface area (Å²) >= 11 is 0. The zero-order valence-corrected chi connectivity index (χ0v) is 22.0. The molecule has 0 spiro atoms. The monoisotopic (exact) mass is 505 g/mol. The van der Waals surface area contributed by atoms with Crippen LogP contribution in [0, 0.1) is 5.92 Å². The lowest BCUT2D eigenvalue weighted by Gasteiger charge is -2.48. The topological polar surface area (TPSA) is 106 Å². The fourth-order valence-corrected chi connectivity index (χ4v) is 6.05. The zero-order chi connectivity index (χ0) is 25.6. The summed E-state index contributed by atoms with van der Waals surface area (Å²) in [6.45, 7) is 7.18. The van der Waals surface area contributed by atoms with Crippen LogP contribution in [0.25, 0.3) is 22.2 Å². The highest BCUT2D eigenvalue weighted by atomic mass is 32.2. The van der Waals surface area contributed by atoms with E-state index in [4.69, 9.17) is 4.98 Å². The number of hydrogen-bond donors (Lipinski definition) is 1. The van der Waals surface area contributed by atoms with Crippen LogP contribution < -0.4 is 10.2 Å². The predicted octanol–water partition coefficient (Wildman–Crippen LogP) is 4.16. The first-order valence-corrected chi connectivity index (χ1v) is 14.1. The summed E-state index contributed by atoms with van der Waals surface area (Å²) in [5.74, 6) is 2.63. The summed E-state index contributed by atoms with van der Waals surface area (Å²) < 4.78 is 25.3. The molecule has 1 aromatic carbocycles. The van der Waals surface area contributed by atoms with Gasteiger partial charge in [0.05, 0.1) is 17.5 Å². The minimum absolute atomic E-state index is 0.139. The van der Waals surface area contributed by atoms with Crippen LogP contribution >= 0.6 is 0 Å². The van der Waals surface area contributed by atoms with E-state index in [2.05, 4.69) is 64.3 Å². The molecule has 0 aliphatic carbocycles. The van der Waals surface area contributed by atoms with Gasteiger partial charge in [0.1, 0.15) is 21.5 Å². The Morgan fingerprint density at radius 3 is 2.58 bits per heavy atom. The number of aryl methyl sites for hydroxylation is 1. The highest BCUT2D eigenvalue weighted by Gasteiger charge is 2.38. The van der Waals surface area contributed by atoms with E-state index < -0.39 is 9.84 Å². The summed E-state index contributed by atoms with van der Waals surface area (Å²) in [4.78, 5) is 16.0. The average molecular weight is 506 g/mol. The molecule has 1 saturated heterocycles. The van der Waals surface area contributed by atoms with E-state index in [0.29, 0.717) is 23.4 Å². The first-order valence-electron chi connectivity index (χ1n) is 12.0. The molecule has 1 aliphatic rings. The largest absolute Gasteiger partial charge is 0.368 e. The maximum atomic E-state index is 11.8. The Morgan fingerprint density at radius 1 is 1.11 bits per heavy atom. The van der Waals surface area contributed by atoms with Crippen molar-refractivity contribution in [1.29, 1.82) is 0 Å². The van der Waals surface area contributed by atoms with Gasteiger partial charge in [0.25, 0.3) is 0 Å². The Labute approximate surface area is 211 Å². The number of nitrogens with one attached hydrogen (secondary N) is 1. The predicted molar refractivity (Wildman–Crippen MR) is 143 cm³/mol. The van der Waals surface area contributed by atoms with Crippen LogP contribution in [0.5, 0.6) is 0 Å². The fourth-order valence-electron chi connectivity index (χ4n) is 4.89. The van der Waals surface area contributed by atoms with Gasteiger partial charge in [-0.15, -0.1) is 0 Å². The third-order valence-corrected chi connectivity index (χ3v) is 7.87. The second-order valence-electron chi connectivity index (χ2n) is 9.98. The minimum Gasteiger partial charge on any atom is -0.368 e. The maximum absolute atomic E-state index is 11.8. The first kappa shape index (κ1) is 24.2. The summed E-state index contributed by atoms with van der Waals surface area (Å²) in [6.07, 6.45) is 8.54. The van der Waals surface area contributed by atoms with E-state index in [0.717, 1.165) is 28.6 Å². The lowest BCUT2D eigenvalue weighted by molar-refractivity contribution is 0.342. The normalized spacial score (nSPS) is 18.0. The number of pyridine rings is 1. The third kappa shape index (κ3) is 4.77. The van der Waals surface area contributed by atoms with Crippen molar-refractivity contribution in [2.75, 3.05) is 28.8 Å². The number of anilines is 3. The number of fused-ring (bicyclic) bond motifs is 1. The summed E-state index contributed by atoms with van der Waals surface area (Å²) in [5.41, 5.74) is 3.17. The molecule has 4 aromatic rings. The van der Waals surface area contributed by atoms with Gasteiger partial charge < -0.3 is 10.2 Å². The fraction of sp³-hybridized carbons (Fsp3) is 0.385. The summed E-state index contributed by atoms with van der Waals surface area (Å²) in [7, 11) is -1.14. The smallest absolute Gasteiger partial charge is 0.164 e. The van der Waals surface area contributed by atoms with Gasteiger partial charge in [-0.1, -0.05) is 19.9 Å². The van der Waals surface area contributed by atoms with Crippen LogP contribution in [-0.2, 0) is 16.9 Å². The molecule has 9 nitrogen and oxygen atoms in total. The molecule has 0 saturated carbocycles. The van der Waals surface area contributed by atoms with E-state index in [1.54, 1.807) is 17.1 Å². The van der Waals surface area contributed by atoms with Gasteiger partial charge in [-0.05, 0) is 42.0 Å². The molecule has 10 heteroatoms. The van der Waals surface area contributed by atoms with Gasteiger partial charge in [0, 0.05) is 61.5 Å². The highest BCUT2D eigenvalue weighted by Crippen LogP contribution is 2.39. The van der Waals surface area contributed by atoms with Gasteiger partial charge in [0.2, 0.25) is 0 Å². The molecule has 0 unspecified atom stereocenters. The van der Waals surface area contributed by atoms with Gasteiger partial charge in [-0.2, -0.15) is 5.10 Å². The second kappa shape index (κ2) is 9.16. The summed E-state index contributed by atoms with van der Waals surface area (Å²) in [5, 5.41) is 9.72. The Hall–Kier alpha value is -3.53. The molecule has 4 heterocycles. The van der Waals surface area contributed by atoms with E-state index in [1.165, 1.54) is 11.8 Å². The quantitative estimate of drug-likeness (QED) is 0.399. The van der Waals surface area contributed by atoms with E-state index in [-0.39, 0.29) is 17.7 Å². The second-order valence-corrected chi connectivity index (χ2v) is 12.2. The number of nitrogens with zero attached hydrogens (tertiary/aromatic N) is 6. The number of rotatable bonds is 7. The van der Waals surface area contributed by atoms with E-state index >= 15 is 0 Å². The van der Waals surface area contributed by atoms with Crippen LogP contribution in [0.4, 0.5) is 17.3 Å². The van der Waals surface area contributed by atoms with Crippen molar-refractivity contribution in [1.82, 2.24) is 24.7 Å². The van der Waals surface area contributed by atoms with Crippen molar-refractivity contribution in [3.05, 3.63) is 54.6 Å². The number of hydrogen-bond acceptors (Lipinski definition) is 8. The highest BCUT2D eigenvalue weighted by molar-refractivity contribution is 7.90. The van der Waals surface area contributed by atoms with Crippen molar-refractivity contribution in [2.45, 2.75) is 32.7 Å². The molecule has 1 aliphatic heterocycles. The van der Waals surface area contributed by atoms with Crippen LogP contribution in [-0.4, -0.2) is 57.7 Å². The Kier molecular flexibility index (Phi) is 6.15. The van der Waals surface area contributed by atoms with Gasteiger partial charge in [-0.3, -0.25) is 4.68 Å². The molecule has 1 fully saturated rings. The van der Waals surface area contributed by atoms with E-state index in [1.807, 2.05) is 25.5 Å². The molecule has 2 atom stereocenters. The van der Waals surface area contributed by atoms with Gasteiger partial charge >= 0.3 is 0 Å². The van der Waals surface area contributed by atoms with Gasteiger partial charge in [0.15, 0.2) is 5.82 Å². The molecule has 3 aromatic heterocycles. The molecule has 5 rings (SSSR count). The number of aromatic nitrogens is 5. The van der Waals surface area contributed by atoms with Crippen molar-refractivity contribution in [3.63, 3.8) is 0 Å². The molecular weight excluding hydrogens is 474 g/mol. The molecule has 0 bridgehead atoms. The van der Waals surface area contributed by atoms with Crippen molar-refractivity contribution >= 4 is 37.9 Å². The molecule has 36 heavy (non-hydrogen) atoms. The number of benzene rings is 1. The average Bonchev–Trinajstić information content (AvgIpc) is 3.26. The molecule has 1 N–H and O–H groups in total. The minimum atomic E-state index is -3.00. The Morgan fingerprint density at radius 2 is 1.92 bits per heavy atom. The molecule has 188 valence electrons. The number of sulfone groups is 1. The lowest BCUT2D eigenvalue weighted by Crippen LogP contribution is -2.57. The third-order valence-electron chi connectivity index (χ3n) is 6.84. The van der Waals surface area contributed by atoms with Crippen LogP contribution in [0.2, 0.25) is 0 Å². The van der Waals surface area contributed by atoms with Crippen LogP contribution in [0.15, 0.2) is 49.1 Å². The van der Waals surface area contributed by atoms with Crippen molar-refractivity contribution < 1.29 is 8.42 Å². The zero-order valence-electron chi connectivity index (χ0n) is 21.2. The van der Waals surface area contributed by atoms with Crippen molar-refractivity contribution in [3.8, 4) is 11.4 Å². The first-order chi connectivity index (χ1) is 17.1. The molecule has 0 amide bonds. The Balaban J connectivity index is 1.46. The maximum Gasteiger partial charge on any atom is 0.164 e. The molecule has 0 radical (unpaired) electrons. The Bertz CT molecular complexity index is 1530. The van der Waals surface area contributed by atoms with Crippen LogP contribution in [0.1, 0.15) is 32.3 Å². The van der Waals surface area contributed by atoms with Crippen molar-refractivity contribution in [2.24, 2.45) is 13.0 Å². The van der Waals surface area contributed by atoms with E-state index in [9.17, 15) is 8.42 Å². The standard InChI is InChI=1S/C26H31N7O2S/c1-16(2)20-6-7-23(33-14-19(17(33)3)15-36(5,34)35)22-12-28-25(10-21(20)22)30-24-8-9-27-26(31-24)18-11-29-32(4)13-18/h6-13,16-17,19H,14-15H2,1-5H3,(H,27,28,30,31)/t17-,19-/m0/s1. The molecular formula is C26H31N7O2S. The van der Waals surface area contributed by atoms with Crippen LogP contribution in [0.3, 0.4) is 0 Å². The summed E-state index contributed by atoms with van der Waals surface area (Å²) in [6, 6.07) is 8.35. The lowest BCUT2D eigenvalue weighted by atomic mass is 9.88. The SMILES string of the molecule is CC(C)c1ccc(N2C[C@@H](CS(C)(=O)=O)[C@@H]2C)c2cnc(Nc3ccnc(-c4cnn(C)c4)n3)cc12.